The maximum Gasteiger partial charge on any atom is 0.164 e. The first-order chi connectivity index (χ1) is 73.2. The maximum absolute atomic E-state index is 5.05. The molecule has 0 atom stereocenters. The van der Waals surface area contributed by atoms with Gasteiger partial charge in [-0.1, -0.05) is 406 Å². The van der Waals surface area contributed by atoms with Crippen LogP contribution < -0.4 is 0 Å². The lowest BCUT2D eigenvalue weighted by molar-refractivity contribution is 1.07. The van der Waals surface area contributed by atoms with Crippen LogP contribution >= 0.6 is 0 Å². The number of rotatable bonds is 17. The van der Waals surface area contributed by atoms with E-state index in [9.17, 15) is 0 Å². The van der Waals surface area contributed by atoms with Crippen molar-refractivity contribution in [2.24, 2.45) is 0 Å². The quantitative estimate of drug-likeness (QED) is 0.0835. The molecule has 0 aliphatic heterocycles. The van der Waals surface area contributed by atoms with Gasteiger partial charge in [-0.05, 0) is 150 Å². The first-order valence-corrected chi connectivity index (χ1v) is 49.1. The van der Waals surface area contributed by atoms with Gasteiger partial charge in [-0.25, -0.2) is 44.9 Å². The van der Waals surface area contributed by atoms with Crippen molar-refractivity contribution in [1.29, 1.82) is 0 Å². The van der Waals surface area contributed by atoms with Crippen molar-refractivity contribution in [3.05, 3.63) is 516 Å². The number of para-hydroxylation sites is 6. The minimum atomic E-state index is 0.610. The lowest BCUT2D eigenvalue weighted by atomic mass is 9.97. The van der Waals surface area contributed by atoms with Gasteiger partial charge in [-0.15, -0.1) is 0 Å². The highest BCUT2D eigenvalue weighted by Crippen LogP contribution is 2.40. The maximum atomic E-state index is 5.05. The summed E-state index contributed by atoms with van der Waals surface area (Å²) < 4.78 is 0. The third kappa shape index (κ3) is 18.8. The van der Waals surface area contributed by atoms with E-state index in [0.29, 0.717) is 52.4 Å². The third-order valence-corrected chi connectivity index (χ3v) is 26.9. The summed E-state index contributed by atoms with van der Waals surface area (Å²) in [4.78, 5) is 72.6. The molecule has 0 spiro atoms. The molecule has 0 bridgehead atoms. The Hall–Kier alpha value is -20.3. The molecule has 0 unspecified atom stereocenters. The molecule has 27 aromatic rings. The largest absolute Gasteiger partial charge is 0.256 e. The van der Waals surface area contributed by atoms with Crippen LogP contribution in [0.3, 0.4) is 0 Å². The highest BCUT2D eigenvalue weighted by atomic mass is 15.1. The SMILES string of the molecule is c1ccc(-c2ccc(-c3nc(-c4ccc(-c5cnc6ccccc6c5)cc4)nc(-c4ccc(-c5cnc6ccccc6c5)cc4)n3)cc2)cc1.c1ccc(-c2nc(-c3ccc(-c4ccnc5ccccc45)cc3)nc(-c3ccc(-c4ccnc5ccccc45)cc3)n2)cc1.c1ccc2ncc(-c3ccc(-c4nc(-c5ccc(-c6cnc7ccccc7c6)cc5)nc(-c5ccc(-c6cccc7ccccc67)cc5)n4)cc3)cc2c1. The summed E-state index contributed by atoms with van der Waals surface area (Å²) in [6.45, 7) is 0. The molecule has 18 aromatic carbocycles. The Balaban J connectivity index is 0.000000116. The number of pyridine rings is 6. The first-order valence-electron chi connectivity index (χ1n) is 49.1. The topological polar surface area (TPSA) is 193 Å². The predicted octanol–water partition coefficient (Wildman–Crippen LogP) is 32.4. The second-order valence-corrected chi connectivity index (χ2v) is 36.2. The number of hydrogen-bond acceptors (Lipinski definition) is 15. The lowest BCUT2D eigenvalue weighted by Gasteiger charge is -2.11. The van der Waals surface area contributed by atoms with Gasteiger partial charge in [0.2, 0.25) is 0 Å². The van der Waals surface area contributed by atoms with E-state index in [1.807, 2.05) is 183 Å². The molecule has 0 aliphatic rings. The van der Waals surface area contributed by atoms with Gasteiger partial charge in [0.1, 0.15) is 0 Å². The lowest BCUT2D eigenvalue weighted by Crippen LogP contribution is -2.00. The Morgan fingerprint density at radius 2 is 0.297 bits per heavy atom. The van der Waals surface area contributed by atoms with E-state index >= 15 is 0 Å². The summed E-state index contributed by atoms with van der Waals surface area (Å²) in [7, 11) is 0. The van der Waals surface area contributed by atoms with Gasteiger partial charge in [-0.3, -0.25) is 29.9 Å². The van der Waals surface area contributed by atoms with Crippen LogP contribution in [-0.2, 0) is 0 Å². The normalized spacial score (nSPS) is 11.2. The minimum absolute atomic E-state index is 0.610. The van der Waals surface area contributed by atoms with Gasteiger partial charge in [0, 0.05) is 142 Å². The monoisotopic (exact) mass is 1890 g/mol. The molecular weight excluding hydrogens is 1810 g/mol. The van der Waals surface area contributed by atoms with E-state index in [2.05, 4.69) is 364 Å². The molecule has 0 aliphatic carbocycles. The molecule has 692 valence electrons. The number of benzene rings is 18. The number of hydrogen-bond donors (Lipinski definition) is 0. The highest BCUT2D eigenvalue weighted by Gasteiger charge is 2.21. The van der Waals surface area contributed by atoms with Crippen molar-refractivity contribution in [3.63, 3.8) is 0 Å². The molecule has 0 N–H and O–H groups in total. The number of nitrogens with zero attached hydrogens (tertiary/aromatic N) is 15. The van der Waals surface area contributed by atoms with Crippen molar-refractivity contribution in [3.8, 4) is 192 Å². The molecule has 15 heteroatoms. The van der Waals surface area contributed by atoms with E-state index in [-0.39, 0.29) is 0 Å². The zero-order valence-corrected chi connectivity index (χ0v) is 79.8. The Morgan fingerprint density at radius 3 is 0.581 bits per heavy atom. The average Bonchev–Trinajstić information content (AvgIpc) is 0.796. The fraction of sp³-hybridized carbons (Fsp3) is 0. The third-order valence-electron chi connectivity index (χ3n) is 26.9. The van der Waals surface area contributed by atoms with E-state index in [1.165, 1.54) is 21.9 Å². The fourth-order valence-corrected chi connectivity index (χ4v) is 19.1. The highest BCUT2D eigenvalue weighted by molar-refractivity contribution is 5.99. The molecule has 0 fully saturated rings. The van der Waals surface area contributed by atoms with Crippen molar-refractivity contribution in [1.82, 2.24) is 74.8 Å². The van der Waals surface area contributed by atoms with Crippen LogP contribution in [0.1, 0.15) is 0 Å². The summed E-state index contributed by atoms with van der Waals surface area (Å²) >= 11 is 0. The van der Waals surface area contributed by atoms with E-state index in [4.69, 9.17) is 44.9 Å². The molecule has 0 saturated heterocycles. The van der Waals surface area contributed by atoms with Crippen LogP contribution in [0.2, 0.25) is 0 Å². The molecule has 9 aromatic heterocycles. The Morgan fingerprint density at radius 1 is 0.108 bits per heavy atom. The van der Waals surface area contributed by atoms with Crippen molar-refractivity contribution >= 4 is 76.2 Å². The van der Waals surface area contributed by atoms with E-state index in [0.717, 1.165) is 193 Å². The van der Waals surface area contributed by atoms with Crippen LogP contribution in [0.5, 0.6) is 0 Å². The minimum Gasteiger partial charge on any atom is -0.256 e. The molecule has 15 nitrogen and oxygen atoms in total. The van der Waals surface area contributed by atoms with Gasteiger partial charge >= 0.3 is 0 Å². The number of fused-ring (bicyclic) bond motifs is 7. The van der Waals surface area contributed by atoms with Gasteiger partial charge in [0.15, 0.2) is 52.4 Å². The summed E-state index contributed by atoms with van der Waals surface area (Å²) in [5.74, 6) is 5.58. The Labute approximate surface area is 853 Å². The van der Waals surface area contributed by atoms with Crippen LogP contribution in [0.25, 0.3) is 268 Å². The van der Waals surface area contributed by atoms with Crippen LogP contribution in [-0.4, -0.2) is 74.8 Å². The van der Waals surface area contributed by atoms with Gasteiger partial charge < -0.3 is 0 Å². The van der Waals surface area contributed by atoms with Gasteiger partial charge in [-0.2, -0.15) is 0 Å². The summed E-state index contributed by atoms with van der Waals surface area (Å²) in [5, 5.41) is 9.14. The smallest absolute Gasteiger partial charge is 0.164 e. The van der Waals surface area contributed by atoms with Gasteiger partial charge in [0.25, 0.3) is 0 Å². The average molecular weight is 1890 g/mol. The molecular formula is C133H85N15. The van der Waals surface area contributed by atoms with E-state index < -0.39 is 0 Å². The van der Waals surface area contributed by atoms with Gasteiger partial charge in [0.05, 0.1) is 33.1 Å². The summed E-state index contributed by atoms with van der Waals surface area (Å²) in [6.07, 6.45) is 11.4. The van der Waals surface area contributed by atoms with Crippen molar-refractivity contribution < 1.29 is 0 Å². The molecule has 27 rings (SSSR count). The zero-order valence-electron chi connectivity index (χ0n) is 79.8. The molecule has 148 heavy (non-hydrogen) atoms. The second kappa shape index (κ2) is 40.0. The number of aromatic nitrogens is 15. The summed E-state index contributed by atoms with van der Waals surface area (Å²) in [6, 6.07) is 164. The Bertz CT molecular complexity index is 9170. The molecule has 0 saturated carbocycles. The Kier molecular flexibility index (Phi) is 24.1. The standard InChI is InChI=1S/C49H31N5.C45H29N5.C39H25N5/c1-4-12-43-34(8-1)11-7-13-44(43)35-20-26-38(27-21-35)49-53-47(36-22-16-32(17-23-36)41-28-39-9-2-5-14-45(39)50-30-41)52-48(54-49)37-24-18-33(19-25-37)42-29-40-10-3-6-15-46(40)51-31-42;1-2-8-30(9-3-1)31-14-20-34(21-15-31)43-48-44(35-22-16-32(17-23-35)39-26-37-10-4-6-12-41(37)46-28-39)50-45(49-43)36-24-18-33(19-25-36)40-27-38-11-5-7-13-42(38)47-29-40;1-2-8-28(9-3-1)37-42-38(29-18-14-26(15-19-29)31-22-24-40-35-12-6-4-10-33(31)35)44-39(43-37)30-20-16-27(17-21-30)32-23-25-41-36-13-7-5-11-34(32)36/h1-31H;1-29H;1-25H. The van der Waals surface area contributed by atoms with E-state index in [1.54, 1.807) is 0 Å². The van der Waals surface area contributed by atoms with Crippen molar-refractivity contribution in [2.45, 2.75) is 0 Å². The molecule has 0 amide bonds. The molecule has 9 heterocycles. The molecule has 0 radical (unpaired) electrons. The first kappa shape index (κ1) is 89.1. The van der Waals surface area contributed by atoms with Crippen LogP contribution in [0.15, 0.2) is 516 Å². The van der Waals surface area contributed by atoms with Crippen molar-refractivity contribution in [2.75, 3.05) is 0 Å². The zero-order chi connectivity index (χ0) is 98.4. The van der Waals surface area contributed by atoms with Crippen LogP contribution in [0, 0.1) is 0 Å². The predicted molar refractivity (Wildman–Crippen MR) is 601 cm³/mol. The van der Waals surface area contributed by atoms with Crippen LogP contribution in [0.4, 0.5) is 0 Å². The fourth-order valence-electron chi connectivity index (χ4n) is 19.1. The summed E-state index contributed by atoms with van der Waals surface area (Å²) in [5.41, 5.74) is 31.9. The second-order valence-electron chi connectivity index (χ2n) is 36.2.